The van der Waals surface area contributed by atoms with Gasteiger partial charge in [-0.2, -0.15) is 0 Å². The third kappa shape index (κ3) is 2.93. The van der Waals surface area contributed by atoms with Gasteiger partial charge >= 0.3 is 0 Å². The van der Waals surface area contributed by atoms with Crippen LogP contribution in [0.1, 0.15) is 5.56 Å². The molecular weight excluding hydrogens is 254 g/mol. The first kappa shape index (κ1) is 13.1. The standard InChI is InChI=1S/C12H16ClN3O2/c13-9-1-2-11(17)8(5-9)7-16-4-3-15-6-10(16)12(14)18/h1-2,5,10,15,17H,3-4,6-7H2,(H2,14,18). The van der Waals surface area contributed by atoms with Crippen molar-refractivity contribution >= 4 is 17.5 Å². The average molecular weight is 270 g/mol. The van der Waals surface area contributed by atoms with Crippen LogP contribution in [0.4, 0.5) is 0 Å². The molecule has 0 saturated carbocycles. The molecule has 0 aromatic heterocycles. The molecule has 0 spiro atoms. The Morgan fingerprint density at radius 1 is 1.61 bits per heavy atom. The molecule has 6 heteroatoms. The summed E-state index contributed by atoms with van der Waals surface area (Å²) in [6.07, 6.45) is 0. The van der Waals surface area contributed by atoms with Gasteiger partial charge < -0.3 is 16.2 Å². The second kappa shape index (κ2) is 5.56. The maximum Gasteiger partial charge on any atom is 0.236 e. The Morgan fingerprint density at radius 2 is 2.39 bits per heavy atom. The van der Waals surface area contributed by atoms with Crippen LogP contribution in [0, 0.1) is 0 Å². The first-order valence-electron chi connectivity index (χ1n) is 5.79. The van der Waals surface area contributed by atoms with Crippen molar-refractivity contribution in [3.05, 3.63) is 28.8 Å². The van der Waals surface area contributed by atoms with Crippen LogP contribution in [0.5, 0.6) is 5.75 Å². The number of nitrogens with one attached hydrogen (secondary N) is 1. The minimum atomic E-state index is -0.358. The van der Waals surface area contributed by atoms with E-state index in [4.69, 9.17) is 17.3 Å². The van der Waals surface area contributed by atoms with Crippen LogP contribution in [0.15, 0.2) is 18.2 Å². The van der Waals surface area contributed by atoms with Crippen LogP contribution >= 0.6 is 11.6 Å². The number of hydrogen-bond acceptors (Lipinski definition) is 4. The summed E-state index contributed by atoms with van der Waals surface area (Å²) in [5.41, 5.74) is 6.07. The molecule has 1 amide bonds. The number of amides is 1. The number of halogens is 1. The molecule has 0 aliphatic carbocycles. The van der Waals surface area contributed by atoms with Gasteiger partial charge in [-0.25, -0.2) is 0 Å². The summed E-state index contributed by atoms with van der Waals surface area (Å²) in [7, 11) is 0. The summed E-state index contributed by atoms with van der Waals surface area (Å²) in [5.74, 6) is -0.176. The number of nitrogens with two attached hydrogens (primary N) is 1. The summed E-state index contributed by atoms with van der Waals surface area (Å²) in [5, 5.41) is 13.5. The Labute approximate surface area is 111 Å². The van der Waals surface area contributed by atoms with Crippen LogP contribution in [-0.4, -0.2) is 41.6 Å². The van der Waals surface area contributed by atoms with Crippen molar-refractivity contribution < 1.29 is 9.90 Å². The molecule has 98 valence electrons. The molecule has 0 radical (unpaired) electrons. The monoisotopic (exact) mass is 269 g/mol. The van der Waals surface area contributed by atoms with E-state index >= 15 is 0 Å². The number of phenols is 1. The summed E-state index contributed by atoms with van der Waals surface area (Å²) < 4.78 is 0. The Kier molecular flexibility index (Phi) is 4.06. The van der Waals surface area contributed by atoms with Gasteiger partial charge in [0.05, 0.1) is 0 Å². The molecule has 0 bridgehead atoms. The van der Waals surface area contributed by atoms with Gasteiger partial charge in [0.2, 0.25) is 5.91 Å². The molecular formula is C12H16ClN3O2. The Hall–Kier alpha value is -1.30. The lowest BCUT2D eigenvalue weighted by molar-refractivity contribution is -0.124. The highest BCUT2D eigenvalue weighted by Gasteiger charge is 2.27. The molecule has 1 aromatic carbocycles. The van der Waals surface area contributed by atoms with E-state index in [2.05, 4.69) is 5.32 Å². The van der Waals surface area contributed by atoms with Crippen LogP contribution in [-0.2, 0) is 11.3 Å². The molecule has 1 aliphatic heterocycles. The predicted octanol–water partition coefficient (Wildman–Crippen LogP) is 0.305. The van der Waals surface area contributed by atoms with Crippen molar-refractivity contribution in [1.29, 1.82) is 0 Å². The molecule has 1 heterocycles. The topological polar surface area (TPSA) is 78.6 Å². The lowest BCUT2D eigenvalue weighted by Crippen LogP contribution is -2.56. The number of hydrogen-bond donors (Lipinski definition) is 3. The highest BCUT2D eigenvalue weighted by atomic mass is 35.5. The van der Waals surface area contributed by atoms with Gasteiger partial charge in [-0.05, 0) is 18.2 Å². The largest absolute Gasteiger partial charge is 0.508 e. The number of piperazine rings is 1. The maximum absolute atomic E-state index is 11.4. The molecule has 1 aromatic rings. The van der Waals surface area contributed by atoms with Crippen LogP contribution in [0.3, 0.4) is 0 Å². The number of carbonyl (C=O) groups is 1. The zero-order valence-corrected chi connectivity index (χ0v) is 10.7. The SMILES string of the molecule is NC(=O)C1CNCCN1Cc1cc(Cl)ccc1O. The number of nitrogens with zero attached hydrogens (tertiary/aromatic N) is 1. The number of benzene rings is 1. The fraction of sp³-hybridized carbons (Fsp3) is 0.417. The zero-order valence-electron chi connectivity index (χ0n) is 9.90. The lowest BCUT2D eigenvalue weighted by Gasteiger charge is -2.34. The smallest absolute Gasteiger partial charge is 0.236 e. The van der Waals surface area contributed by atoms with E-state index in [0.717, 1.165) is 6.54 Å². The number of phenolic OH excluding ortho intramolecular Hbond substituents is 1. The van der Waals surface area contributed by atoms with Crippen molar-refractivity contribution in [3.63, 3.8) is 0 Å². The summed E-state index contributed by atoms with van der Waals surface area (Å²) in [6.45, 7) is 2.50. The molecule has 1 fully saturated rings. The van der Waals surface area contributed by atoms with Crippen LogP contribution in [0.25, 0.3) is 0 Å². The molecule has 2 rings (SSSR count). The lowest BCUT2D eigenvalue weighted by atomic mass is 10.1. The predicted molar refractivity (Wildman–Crippen MR) is 69.4 cm³/mol. The highest BCUT2D eigenvalue weighted by molar-refractivity contribution is 6.30. The quantitative estimate of drug-likeness (QED) is 0.738. The van der Waals surface area contributed by atoms with E-state index < -0.39 is 0 Å². The average Bonchev–Trinajstić information content (AvgIpc) is 2.34. The Bertz CT molecular complexity index is 453. The van der Waals surface area contributed by atoms with Gasteiger partial charge in [0.15, 0.2) is 0 Å². The highest BCUT2D eigenvalue weighted by Crippen LogP contribution is 2.23. The fourth-order valence-corrected chi connectivity index (χ4v) is 2.31. The third-order valence-electron chi connectivity index (χ3n) is 3.10. The first-order valence-corrected chi connectivity index (χ1v) is 6.17. The van der Waals surface area contributed by atoms with Crippen molar-refractivity contribution in [3.8, 4) is 5.75 Å². The van der Waals surface area contributed by atoms with E-state index in [0.29, 0.717) is 30.2 Å². The van der Waals surface area contributed by atoms with E-state index in [1.54, 1.807) is 18.2 Å². The van der Waals surface area contributed by atoms with Gasteiger partial charge in [-0.1, -0.05) is 11.6 Å². The van der Waals surface area contributed by atoms with Crippen molar-refractivity contribution in [2.45, 2.75) is 12.6 Å². The first-order chi connectivity index (χ1) is 8.58. The number of primary amides is 1. The van der Waals surface area contributed by atoms with Gasteiger partial charge in [0, 0.05) is 36.8 Å². The molecule has 18 heavy (non-hydrogen) atoms. The van der Waals surface area contributed by atoms with E-state index in [1.165, 1.54) is 0 Å². The van der Waals surface area contributed by atoms with Gasteiger partial charge in [-0.3, -0.25) is 9.69 Å². The van der Waals surface area contributed by atoms with Gasteiger partial charge in [-0.15, -0.1) is 0 Å². The maximum atomic E-state index is 11.4. The molecule has 1 atom stereocenters. The fourth-order valence-electron chi connectivity index (χ4n) is 2.12. The number of aromatic hydroxyl groups is 1. The third-order valence-corrected chi connectivity index (χ3v) is 3.33. The minimum absolute atomic E-state index is 0.182. The summed E-state index contributed by atoms with van der Waals surface area (Å²) in [4.78, 5) is 13.3. The minimum Gasteiger partial charge on any atom is -0.508 e. The molecule has 1 unspecified atom stereocenters. The summed E-state index contributed by atoms with van der Waals surface area (Å²) >= 11 is 5.90. The van der Waals surface area contributed by atoms with E-state index in [-0.39, 0.29) is 17.7 Å². The molecule has 1 aliphatic rings. The summed E-state index contributed by atoms with van der Waals surface area (Å²) in [6, 6.07) is 4.54. The molecule has 1 saturated heterocycles. The van der Waals surface area contributed by atoms with Crippen molar-refractivity contribution in [1.82, 2.24) is 10.2 Å². The van der Waals surface area contributed by atoms with Crippen LogP contribution < -0.4 is 11.1 Å². The second-order valence-electron chi connectivity index (χ2n) is 4.37. The van der Waals surface area contributed by atoms with Gasteiger partial charge in [0.25, 0.3) is 0 Å². The Balaban J connectivity index is 2.15. The van der Waals surface area contributed by atoms with E-state index in [9.17, 15) is 9.90 Å². The Morgan fingerprint density at radius 3 is 3.11 bits per heavy atom. The molecule has 5 nitrogen and oxygen atoms in total. The van der Waals surface area contributed by atoms with E-state index in [1.807, 2.05) is 4.90 Å². The number of rotatable bonds is 3. The van der Waals surface area contributed by atoms with Crippen molar-refractivity contribution in [2.75, 3.05) is 19.6 Å². The van der Waals surface area contributed by atoms with Crippen molar-refractivity contribution in [2.24, 2.45) is 5.73 Å². The number of carbonyl (C=O) groups excluding carboxylic acids is 1. The van der Waals surface area contributed by atoms with Gasteiger partial charge in [0.1, 0.15) is 11.8 Å². The van der Waals surface area contributed by atoms with Crippen LogP contribution in [0.2, 0.25) is 5.02 Å². The second-order valence-corrected chi connectivity index (χ2v) is 4.80. The molecule has 4 N–H and O–H groups in total. The zero-order chi connectivity index (χ0) is 13.1. The normalized spacial score (nSPS) is 20.8.